The Balaban J connectivity index is 2.22. The first-order chi connectivity index (χ1) is 8.58. The predicted molar refractivity (Wildman–Crippen MR) is 70.6 cm³/mol. The highest BCUT2D eigenvalue weighted by atomic mass is 35.5. The van der Waals surface area contributed by atoms with Gasteiger partial charge in [-0.1, -0.05) is 35.9 Å². The van der Waals surface area contributed by atoms with Crippen LogP contribution in [0, 0.1) is 12.7 Å². The molecule has 0 bridgehead atoms. The van der Waals surface area contributed by atoms with Gasteiger partial charge in [0.25, 0.3) is 0 Å². The van der Waals surface area contributed by atoms with Crippen LogP contribution in [0.4, 0.5) is 4.39 Å². The van der Waals surface area contributed by atoms with Crippen molar-refractivity contribution in [3.05, 3.63) is 70.0 Å². The molecule has 0 radical (unpaired) electrons. The van der Waals surface area contributed by atoms with Crippen LogP contribution < -0.4 is 0 Å². The summed E-state index contributed by atoms with van der Waals surface area (Å²) in [7, 11) is 0. The van der Waals surface area contributed by atoms with Crippen molar-refractivity contribution >= 4 is 17.4 Å². The van der Waals surface area contributed by atoms with Gasteiger partial charge in [0.2, 0.25) is 0 Å². The SMILES string of the molecule is Cc1ccccc1CC(=O)c1ccc(Cl)c(F)c1. The third-order valence-electron chi connectivity index (χ3n) is 2.85. The Labute approximate surface area is 110 Å². The topological polar surface area (TPSA) is 17.1 Å². The Morgan fingerprint density at radius 3 is 2.61 bits per heavy atom. The molecule has 2 aromatic rings. The summed E-state index contributed by atoms with van der Waals surface area (Å²) in [6, 6.07) is 11.8. The minimum atomic E-state index is -0.563. The van der Waals surface area contributed by atoms with Crippen LogP contribution in [0.1, 0.15) is 21.5 Å². The average Bonchev–Trinajstić information content (AvgIpc) is 2.35. The van der Waals surface area contributed by atoms with E-state index in [1.165, 1.54) is 12.1 Å². The normalized spacial score (nSPS) is 10.4. The highest BCUT2D eigenvalue weighted by Crippen LogP contribution is 2.17. The van der Waals surface area contributed by atoms with Crippen molar-refractivity contribution in [1.29, 1.82) is 0 Å². The quantitative estimate of drug-likeness (QED) is 0.757. The maximum atomic E-state index is 13.3. The first-order valence-corrected chi connectivity index (χ1v) is 5.98. The third kappa shape index (κ3) is 2.77. The molecule has 0 aromatic heterocycles. The van der Waals surface area contributed by atoms with Crippen molar-refractivity contribution < 1.29 is 9.18 Å². The number of benzene rings is 2. The molecule has 18 heavy (non-hydrogen) atoms. The maximum Gasteiger partial charge on any atom is 0.167 e. The summed E-state index contributed by atoms with van der Waals surface area (Å²) in [5, 5.41) is 0.0300. The second-order valence-electron chi connectivity index (χ2n) is 4.16. The molecule has 1 nitrogen and oxygen atoms in total. The minimum Gasteiger partial charge on any atom is -0.294 e. The lowest BCUT2D eigenvalue weighted by Crippen LogP contribution is -2.05. The van der Waals surface area contributed by atoms with Crippen molar-refractivity contribution in [2.45, 2.75) is 13.3 Å². The van der Waals surface area contributed by atoms with Crippen molar-refractivity contribution in [2.24, 2.45) is 0 Å². The lowest BCUT2D eigenvalue weighted by molar-refractivity contribution is 0.0992. The zero-order chi connectivity index (χ0) is 13.1. The second kappa shape index (κ2) is 5.32. The van der Waals surface area contributed by atoms with Gasteiger partial charge in [0.05, 0.1) is 5.02 Å². The van der Waals surface area contributed by atoms with Gasteiger partial charge in [-0.05, 0) is 36.2 Å². The van der Waals surface area contributed by atoms with E-state index in [1.807, 2.05) is 31.2 Å². The van der Waals surface area contributed by atoms with Crippen LogP contribution in [-0.2, 0) is 6.42 Å². The Morgan fingerprint density at radius 1 is 1.22 bits per heavy atom. The molecular formula is C15H12ClFO. The third-order valence-corrected chi connectivity index (χ3v) is 3.16. The van der Waals surface area contributed by atoms with Crippen molar-refractivity contribution in [1.82, 2.24) is 0 Å². The molecule has 0 fully saturated rings. The first-order valence-electron chi connectivity index (χ1n) is 5.60. The summed E-state index contributed by atoms with van der Waals surface area (Å²) in [6.07, 6.45) is 0.272. The summed E-state index contributed by atoms with van der Waals surface area (Å²) in [4.78, 5) is 12.0. The number of halogens is 2. The predicted octanol–water partition coefficient (Wildman–Crippen LogP) is 4.21. The van der Waals surface area contributed by atoms with Crippen LogP contribution >= 0.6 is 11.6 Å². The van der Waals surface area contributed by atoms with Gasteiger partial charge < -0.3 is 0 Å². The Bertz CT molecular complexity index is 593. The number of carbonyl (C=O) groups is 1. The molecule has 2 rings (SSSR count). The number of rotatable bonds is 3. The van der Waals surface area contributed by atoms with Gasteiger partial charge in [0.1, 0.15) is 5.82 Å². The number of carbonyl (C=O) groups excluding carboxylic acids is 1. The fraction of sp³-hybridized carbons (Fsp3) is 0.133. The van der Waals surface area contributed by atoms with E-state index in [1.54, 1.807) is 6.07 Å². The molecular weight excluding hydrogens is 251 g/mol. The van der Waals surface area contributed by atoms with Gasteiger partial charge in [-0.25, -0.2) is 4.39 Å². The first kappa shape index (κ1) is 12.8. The summed E-state index contributed by atoms with van der Waals surface area (Å²) in [6.45, 7) is 1.95. The van der Waals surface area contributed by atoms with E-state index in [0.717, 1.165) is 11.1 Å². The van der Waals surface area contributed by atoms with Gasteiger partial charge in [0, 0.05) is 12.0 Å². The lowest BCUT2D eigenvalue weighted by atomic mass is 9.99. The van der Waals surface area contributed by atoms with E-state index in [0.29, 0.717) is 5.56 Å². The number of Topliss-reactive ketones (excluding diaryl/α,β-unsaturated/α-hetero) is 1. The van der Waals surface area contributed by atoms with Gasteiger partial charge in [-0.15, -0.1) is 0 Å². The van der Waals surface area contributed by atoms with Crippen LogP contribution in [-0.4, -0.2) is 5.78 Å². The van der Waals surface area contributed by atoms with Crippen LogP contribution in [0.15, 0.2) is 42.5 Å². The summed E-state index contributed by atoms with van der Waals surface area (Å²) >= 11 is 5.58. The number of hydrogen-bond donors (Lipinski definition) is 0. The lowest BCUT2D eigenvalue weighted by Gasteiger charge is -2.05. The Kier molecular flexibility index (Phi) is 3.78. The highest BCUT2D eigenvalue weighted by molar-refractivity contribution is 6.30. The van der Waals surface area contributed by atoms with E-state index < -0.39 is 5.82 Å². The molecule has 0 heterocycles. The zero-order valence-corrected chi connectivity index (χ0v) is 10.7. The minimum absolute atomic E-state index is 0.0300. The standard InChI is InChI=1S/C15H12ClFO/c1-10-4-2-3-5-11(10)9-15(18)12-6-7-13(16)14(17)8-12/h2-8H,9H2,1H3. The molecule has 2 aromatic carbocycles. The second-order valence-corrected chi connectivity index (χ2v) is 4.56. The number of hydrogen-bond acceptors (Lipinski definition) is 1. The van der Waals surface area contributed by atoms with Crippen LogP contribution in [0.3, 0.4) is 0 Å². The van der Waals surface area contributed by atoms with Crippen molar-refractivity contribution in [2.75, 3.05) is 0 Å². The number of ketones is 1. The molecule has 0 aliphatic heterocycles. The van der Waals surface area contributed by atoms with E-state index >= 15 is 0 Å². The largest absolute Gasteiger partial charge is 0.294 e. The van der Waals surface area contributed by atoms with Crippen LogP contribution in [0.5, 0.6) is 0 Å². The Morgan fingerprint density at radius 2 is 1.94 bits per heavy atom. The molecule has 0 aliphatic carbocycles. The van der Waals surface area contributed by atoms with Crippen LogP contribution in [0.2, 0.25) is 5.02 Å². The van der Waals surface area contributed by atoms with Crippen molar-refractivity contribution in [3.8, 4) is 0 Å². The van der Waals surface area contributed by atoms with Crippen LogP contribution in [0.25, 0.3) is 0 Å². The molecule has 0 saturated heterocycles. The Hall–Kier alpha value is -1.67. The highest BCUT2D eigenvalue weighted by Gasteiger charge is 2.10. The summed E-state index contributed by atoms with van der Waals surface area (Å²) in [5.41, 5.74) is 2.36. The zero-order valence-electron chi connectivity index (χ0n) is 9.91. The maximum absolute atomic E-state index is 13.3. The molecule has 0 spiro atoms. The van der Waals surface area contributed by atoms with Crippen molar-refractivity contribution in [3.63, 3.8) is 0 Å². The van der Waals surface area contributed by atoms with Gasteiger partial charge in [-0.3, -0.25) is 4.79 Å². The molecule has 0 aliphatic rings. The molecule has 3 heteroatoms. The average molecular weight is 263 g/mol. The van der Waals surface area contributed by atoms with Gasteiger partial charge in [-0.2, -0.15) is 0 Å². The summed E-state index contributed by atoms with van der Waals surface area (Å²) in [5.74, 6) is -0.674. The fourth-order valence-corrected chi connectivity index (χ4v) is 1.87. The molecule has 0 N–H and O–H groups in total. The van der Waals surface area contributed by atoms with E-state index in [2.05, 4.69) is 0 Å². The molecule has 0 saturated carbocycles. The van der Waals surface area contributed by atoms with E-state index in [9.17, 15) is 9.18 Å². The molecule has 0 amide bonds. The molecule has 92 valence electrons. The van der Waals surface area contributed by atoms with E-state index in [-0.39, 0.29) is 17.2 Å². The smallest absolute Gasteiger partial charge is 0.167 e. The van der Waals surface area contributed by atoms with Gasteiger partial charge >= 0.3 is 0 Å². The van der Waals surface area contributed by atoms with E-state index in [4.69, 9.17) is 11.6 Å². The summed E-state index contributed by atoms with van der Waals surface area (Å²) < 4.78 is 13.3. The molecule has 0 unspecified atom stereocenters. The fourth-order valence-electron chi connectivity index (χ4n) is 1.75. The van der Waals surface area contributed by atoms with Gasteiger partial charge in [0.15, 0.2) is 5.78 Å². The molecule has 0 atom stereocenters. The monoisotopic (exact) mass is 262 g/mol. The number of aryl methyl sites for hydroxylation is 1.